The molecule has 1 atom stereocenters. The zero-order valence-corrected chi connectivity index (χ0v) is 13.0. The molecule has 0 aliphatic heterocycles. The molecule has 2 rings (SSSR count). The van der Waals surface area contributed by atoms with Crippen LogP contribution in [-0.4, -0.2) is 21.5 Å². The average molecular weight is 293 g/mol. The van der Waals surface area contributed by atoms with Crippen molar-refractivity contribution in [1.29, 1.82) is 0 Å². The lowest BCUT2D eigenvalue weighted by Gasteiger charge is -2.12. The van der Waals surface area contributed by atoms with Crippen LogP contribution < -0.4 is 10.9 Å². The second-order valence-electron chi connectivity index (χ2n) is 5.02. The molecule has 0 aliphatic rings. The van der Waals surface area contributed by atoms with E-state index in [1.165, 1.54) is 22.2 Å². The van der Waals surface area contributed by atoms with Gasteiger partial charge in [0.25, 0.3) is 5.56 Å². The number of thiophene rings is 1. The monoisotopic (exact) mass is 293 g/mol. The molecule has 6 heteroatoms. The Morgan fingerprint density at radius 3 is 2.85 bits per heavy atom. The zero-order valence-electron chi connectivity index (χ0n) is 12.2. The van der Waals surface area contributed by atoms with Gasteiger partial charge in [-0.25, -0.2) is 4.98 Å². The number of carbonyl (C=O) groups is 1. The van der Waals surface area contributed by atoms with Crippen molar-refractivity contribution in [1.82, 2.24) is 14.9 Å². The predicted molar refractivity (Wildman–Crippen MR) is 81.2 cm³/mol. The van der Waals surface area contributed by atoms with Gasteiger partial charge in [0.15, 0.2) is 0 Å². The third kappa shape index (κ3) is 2.75. The van der Waals surface area contributed by atoms with E-state index in [2.05, 4.69) is 10.3 Å². The molecule has 0 unspecified atom stereocenters. The fourth-order valence-corrected chi connectivity index (χ4v) is 2.95. The van der Waals surface area contributed by atoms with E-state index in [1.54, 1.807) is 0 Å². The molecule has 0 aliphatic carbocycles. The third-order valence-electron chi connectivity index (χ3n) is 3.49. The van der Waals surface area contributed by atoms with E-state index >= 15 is 0 Å². The predicted octanol–water partition coefficient (Wildman–Crippen LogP) is 1.99. The van der Waals surface area contributed by atoms with E-state index in [4.69, 9.17) is 0 Å². The van der Waals surface area contributed by atoms with E-state index in [-0.39, 0.29) is 24.1 Å². The van der Waals surface area contributed by atoms with Crippen molar-refractivity contribution in [2.45, 2.75) is 46.7 Å². The van der Waals surface area contributed by atoms with Gasteiger partial charge in [-0.15, -0.1) is 11.3 Å². The number of amides is 1. The van der Waals surface area contributed by atoms with Crippen LogP contribution in [0.1, 0.15) is 30.7 Å². The zero-order chi connectivity index (χ0) is 14.9. The fourth-order valence-electron chi connectivity index (χ4n) is 1.96. The van der Waals surface area contributed by atoms with Gasteiger partial charge in [-0.2, -0.15) is 0 Å². The topological polar surface area (TPSA) is 64.0 Å². The summed E-state index contributed by atoms with van der Waals surface area (Å²) in [4.78, 5) is 30.4. The van der Waals surface area contributed by atoms with Crippen LogP contribution >= 0.6 is 11.3 Å². The summed E-state index contributed by atoms with van der Waals surface area (Å²) >= 11 is 1.51. The number of fused-ring (bicyclic) bond motifs is 1. The summed E-state index contributed by atoms with van der Waals surface area (Å²) in [6.45, 7) is 7.85. The fraction of sp³-hybridized carbons (Fsp3) is 0.500. The Hall–Kier alpha value is -1.69. The molecule has 0 aromatic carbocycles. The van der Waals surface area contributed by atoms with Gasteiger partial charge in [-0.05, 0) is 32.8 Å². The number of hydrogen-bond acceptors (Lipinski definition) is 4. The number of nitrogens with one attached hydrogen (secondary N) is 1. The van der Waals surface area contributed by atoms with Crippen LogP contribution in [-0.2, 0) is 11.3 Å². The van der Waals surface area contributed by atoms with E-state index in [9.17, 15) is 9.59 Å². The molecular weight excluding hydrogens is 274 g/mol. The molecule has 2 aromatic heterocycles. The lowest BCUT2D eigenvalue weighted by molar-refractivity contribution is -0.122. The number of nitrogens with zero attached hydrogens (tertiary/aromatic N) is 2. The van der Waals surface area contributed by atoms with E-state index in [0.29, 0.717) is 5.39 Å². The molecular formula is C14H19N3O2S. The van der Waals surface area contributed by atoms with Gasteiger partial charge in [0, 0.05) is 10.9 Å². The molecule has 1 amide bonds. The highest BCUT2D eigenvalue weighted by molar-refractivity contribution is 7.18. The highest BCUT2D eigenvalue weighted by Gasteiger charge is 2.14. The van der Waals surface area contributed by atoms with Crippen LogP contribution in [0, 0.1) is 13.8 Å². The maximum Gasteiger partial charge on any atom is 0.262 e. The van der Waals surface area contributed by atoms with Crippen LogP contribution in [0.4, 0.5) is 0 Å². The minimum Gasteiger partial charge on any atom is -0.352 e. The molecule has 5 nitrogen and oxygen atoms in total. The normalized spacial score (nSPS) is 12.6. The van der Waals surface area contributed by atoms with Crippen molar-refractivity contribution in [2.24, 2.45) is 0 Å². The Balaban J connectivity index is 2.32. The van der Waals surface area contributed by atoms with Crippen molar-refractivity contribution < 1.29 is 4.79 Å². The van der Waals surface area contributed by atoms with E-state index in [0.717, 1.165) is 21.7 Å². The summed E-state index contributed by atoms with van der Waals surface area (Å²) in [7, 11) is 0. The first kappa shape index (κ1) is 14.7. The number of aromatic nitrogens is 2. The molecule has 2 aromatic rings. The molecule has 0 radical (unpaired) electrons. The molecule has 2 heterocycles. The minimum absolute atomic E-state index is 0.0143. The average Bonchev–Trinajstić information content (AvgIpc) is 2.69. The Morgan fingerprint density at radius 2 is 2.20 bits per heavy atom. The highest BCUT2D eigenvalue weighted by Crippen LogP contribution is 2.25. The van der Waals surface area contributed by atoms with E-state index < -0.39 is 0 Å². The molecule has 0 bridgehead atoms. The van der Waals surface area contributed by atoms with Gasteiger partial charge >= 0.3 is 0 Å². The number of carbonyl (C=O) groups excluding carboxylic acids is 1. The van der Waals surface area contributed by atoms with Crippen molar-refractivity contribution >= 4 is 27.5 Å². The van der Waals surface area contributed by atoms with Gasteiger partial charge in [-0.1, -0.05) is 6.92 Å². The standard InChI is InChI=1S/C14H19N3O2S/c1-5-8(2)16-11(18)6-17-7-15-13-12(14(17)19)9(3)10(4)20-13/h7-8H,5-6H2,1-4H3,(H,16,18)/t8-/m1/s1. The number of rotatable bonds is 4. The van der Waals surface area contributed by atoms with Crippen LogP contribution in [0.3, 0.4) is 0 Å². The molecule has 0 saturated heterocycles. The largest absolute Gasteiger partial charge is 0.352 e. The first-order valence-corrected chi connectivity index (χ1v) is 7.50. The molecule has 0 saturated carbocycles. The van der Waals surface area contributed by atoms with Crippen molar-refractivity contribution in [3.8, 4) is 0 Å². The van der Waals surface area contributed by atoms with Gasteiger partial charge in [-0.3, -0.25) is 14.2 Å². The molecule has 0 spiro atoms. The van der Waals surface area contributed by atoms with Crippen LogP contribution in [0.2, 0.25) is 0 Å². The summed E-state index contributed by atoms with van der Waals surface area (Å²) in [5.74, 6) is -0.160. The van der Waals surface area contributed by atoms with E-state index in [1.807, 2.05) is 27.7 Å². The smallest absolute Gasteiger partial charge is 0.262 e. The lowest BCUT2D eigenvalue weighted by Crippen LogP contribution is -2.37. The third-order valence-corrected chi connectivity index (χ3v) is 4.60. The SMILES string of the molecule is CC[C@@H](C)NC(=O)Cn1cnc2sc(C)c(C)c2c1=O. The van der Waals surface area contributed by atoms with Crippen LogP contribution in [0.25, 0.3) is 10.2 Å². The number of aryl methyl sites for hydroxylation is 2. The van der Waals surface area contributed by atoms with Crippen molar-refractivity contribution in [3.63, 3.8) is 0 Å². The molecule has 0 fully saturated rings. The minimum atomic E-state index is -0.160. The van der Waals surface area contributed by atoms with Gasteiger partial charge in [0.1, 0.15) is 11.4 Å². The number of hydrogen-bond donors (Lipinski definition) is 1. The quantitative estimate of drug-likeness (QED) is 0.937. The van der Waals surface area contributed by atoms with Crippen LogP contribution in [0.5, 0.6) is 0 Å². The maximum absolute atomic E-state index is 12.4. The van der Waals surface area contributed by atoms with Crippen LogP contribution in [0.15, 0.2) is 11.1 Å². The second kappa shape index (κ2) is 5.75. The van der Waals surface area contributed by atoms with Crippen molar-refractivity contribution in [2.75, 3.05) is 0 Å². The van der Waals surface area contributed by atoms with Gasteiger partial charge in [0.2, 0.25) is 5.91 Å². The summed E-state index contributed by atoms with van der Waals surface area (Å²) in [6, 6.07) is 0.111. The second-order valence-corrected chi connectivity index (χ2v) is 6.22. The summed E-state index contributed by atoms with van der Waals surface area (Å²) in [6.07, 6.45) is 2.32. The highest BCUT2D eigenvalue weighted by atomic mass is 32.1. The van der Waals surface area contributed by atoms with Gasteiger partial charge < -0.3 is 5.32 Å². The summed E-state index contributed by atoms with van der Waals surface area (Å²) < 4.78 is 1.37. The lowest BCUT2D eigenvalue weighted by atomic mass is 10.2. The summed E-state index contributed by atoms with van der Waals surface area (Å²) in [5.41, 5.74) is 0.815. The first-order chi connectivity index (χ1) is 9.43. The Bertz CT molecular complexity index is 702. The first-order valence-electron chi connectivity index (χ1n) is 6.68. The van der Waals surface area contributed by atoms with Gasteiger partial charge in [0.05, 0.1) is 11.7 Å². The molecule has 108 valence electrons. The Labute approximate surface area is 121 Å². The molecule has 20 heavy (non-hydrogen) atoms. The summed E-state index contributed by atoms with van der Waals surface area (Å²) in [5, 5.41) is 3.48. The molecule has 1 N–H and O–H groups in total. The maximum atomic E-state index is 12.4. The van der Waals surface area contributed by atoms with Crippen molar-refractivity contribution in [3.05, 3.63) is 27.1 Å². The Morgan fingerprint density at radius 1 is 1.50 bits per heavy atom. The Kier molecular flexibility index (Phi) is 4.23.